The van der Waals surface area contributed by atoms with Crippen molar-refractivity contribution in [3.05, 3.63) is 49.0 Å². The first-order valence-electron chi connectivity index (χ1n) is 6.88. The summed E-state index contributed by atoms with van der Waals surface area (Å²) >= 11 is 0. The van der Waals surface area contributed by atoms with Crippen LogP contribution in [0.3, 0.4) is 0 Å². The molecule has 0 heterocycles. The number of carbonyl (C=O) groups is 1. The van der Waals surface area contributed by atoms with E-state index in [1.54, 1.807) is 12.1 Å². The van der Waals surface area contributed by atoms with Crippen LogP contribution in [-0.2, 0) is 9.78 Å². The van der Waals surface area contributed by atoms with Crippen LogP contribution >= 0.6 is 0 Å². The molecule has 0 fully saturated rings. The molecule has 20 heavy (non-hydrogen) atoms. The Morgan fingerprint density at radius 3 is 2.45 bits per heavy atom. The first-order chi connectivity index (χ1) is 9.51. The van der Waals surface area contributed by atoms with Crippen molar-refractivity contribution in [2.45, 2.75) is 32.4 Å². The van der Waals surface area contributed by atoms with E-state index in [-0.39, 0.29) is 0 Å². The van der Waals surface area contributed by atoms with Gasteiger partial charge in [-0.1, -0.05) is 55.9 Å². The zero-order valence-electron chi connectivity index (χ0n) is 12.4. The molecule has 0 aromatic heterocycles. The number of hydrogen-bond donors (Lipinski definition) is 0. The Hall–Kier alpha value is -1.39. The molecule has 0 saturated carbocycles. The average Bonchev–Trinajstić information content (AvgIpc) is 2.47. The van der Waals surface area contributed by atoms with E-state index in [1.807, 2.05) is 17.8 Å². The third-order valence-electron chi connectivity index (χ3n) is 3.24. The van der Waals surface area contributed by atoms with Crippen molar-refractivity contribution in [3.63, 3.8) is 0 Å². The van der Waals surface area contributed by atoms with Gasteiger partial charge in [0, 0.05) is 0 Å². The van der Waals surface area contributed by atoms with E-state index >= 15 is 0 Å². The first-order valence-corrected chi connectivity index (χ1v) is 9.96. The van der Waals surface area contributed by atoms with Crippen molar-refractivity contribution in [1.82, 2.24) is 0 Å². The van der Waals surface area contributed by atoms with Crippen molar-refractivity contribution in [3.8, 4) is 0 Å². The van der Waals surface area contributed by atoms with Gasteiger partial charge in [-0.3, -0.25) is 4.89 Å². The molecule has 0 saturated heterocycles. The fourth-order valence-electron chi connectivity index (χ4n) is 1.63. The number of rotatable bonds is 8. The molecule has 109 valence electrons. The molecule has 0 aliphatic heterocycles. The molecule has 3 nitrogen and oxygen atoms in total. The second-order valence-corrected chi connectivity index (χ2v) is 9.69. The molecular weight excluding hydrogens is 268 g/mol. The summed E-state index contributed by atoms with van der Waals surface area (Å²) in [4.78, 5) is 21.4. The van der Waals surface area contributed by atoms with Gasteiger partial charge in [0.1, 0.15) is 8.07 Å². The minimum absolute atomic E-state index is 0.412. The smallest absolute Gasteiger partial charge is 0.293 e. The second kappa shape index (κ2) is 8.02. The van der Waals surface area contributed by atoms with Gasteiger partial charge in [-0.25, -0.2) is 4.79 Å². The van der Waals surface area contributed by atoms with Crippen LogP contribution in [0.5, 0.6) is 0 Å². The molecule has 1 aromatic rings. The molecule has 0 amide bonds. The van der Waals surface area contributed by atoms with E-state index in [1.165, 1.54) is 5.19 Å². The summed E-state index contributed by atoms with van der Waals surface area (Å²) in [7, 11) is -1.58. The largest absolute Gasteiger partial charge is 0.373 e. The van der Waals surface area contributed by atoms with Crippen molar-refractivity contribution in [2.75, 3.05) is 6.61 Å². The second-order valence-electron chi connectivity index (χ2n) is 5.26. The summed E-state index contributed by atoms with van der Waals surface area (Å²) in [5.41, 5.74) is 2.52. The monoisotopic (exact) mass is 291 g/mol. The average molecular weight is 291 g/mol. The number of carbonyl (C=O) groups excluding carboxylic acids is 1. The van der Waals surface area contributed by atoms with Crippen molar-refractivity contribution >= 4 is 19.2 Å². The lowest BCUT2D eigenvalue weighted by atomic mass is 10.2. The zero-order valence-corrected chi connectivity index (χ0v) is 13.4. The Kier molecular flexibility index (Phi) is 6.68. The highest BCUT2D eigenvalue weighted by Gasteiger charge is 2.19. The van der Waals surface area contributed by atoms with Gasteiger partial charge in [-0.15, -0.1) is 6.58 Å². The maximum absolute atomic E-state index is 11.7. The van der Waals surface area contributed by atoms with Crippen molar-refractivity contribution in [1.29, 1.82) is 0 Å². The van der Waals surface area contributed by atoms with E-state index in [0.29, 0.717) is 12.2 Å². The molecule has 1 aromatic carbocycles. The zero-order chi connectivity index (χ0) is 15.0. The van der Waals surface area contributed by atoms with E-state index in [2.05, 4.69) is 26.6 Å². The van der Waals surface area contributed by atoms with Crippen LogP contribution in [0.25, 0.3) is 0 Å². The summed E-state index contributed by atoms with van der Waals surface area (Å²) < 4.78 is 0. The summed E-state index contributed by atoms with van der Waals surface area (Å²) in [6.07, 6.45) is 2.67. The molecule has 4 heteroatoms. The maximum Gasteiger partial charge on any atom is 0.373 e. The third kappa shape index (κ3) is 4.94. The van der Waals surface area contributed by atoms with Gasteiger partial charge in [0.15, 0.2) is 0 Å². The Morgan fingerprint density at radius 2 is 1.90 bits per heavy atom. The molecule has 1 rings (SSSR count). The predicted molar refractivity (Wildman–Crippen MR) is 84.3 cm³/mol. The SMILES string of the molecule is [CH2]CCCCOOC(=O)c1ccc([Si](C)(C)C=C)cc1. The predicted octanol–water partition coefficient (Wildman–Crippen LogP) is 3.42. The lowest BCUT2D eigenvalue weighted by Crippen LogP contribution is -2.39. The summed E-state index contributed by atoms with van der Waals surface area (Å²) in [5, 5.41) is 1.24. The van der Waals surface area contributed by atoms with Gasteiger partial charge >= 0.3 is 5.97 Å². The van der Waals surface area contributed by atoms with Gasteiger partial charge in [-0.2, -0.15) is 4.89 Å². The van der Waals surface area contributed by atoms with Gasteiger partial charge in [0.2, 0.25) is 0 Å². The Bertz CT molecular complexity index is 438. The van der Waals surface area contributed by atoms with Crippen molar-refractivity contribution < 1.29 is 14.6 Å². The quantitative estimate of drug-likeness (QED) is 0.319. The van der Waals surface area contributed by atoms with E-state index in [4.69, 9.17) is 9.78 Å². The summed E-state index contributed by atoms with van der Waals surface area (Å²) in [5.74, 6) is -0.454. The van der Waals surface area contributed by atoms with Gasteiger partial charge in [0.25, 0.3) is 0 Å². The van der Waals surface area contributed by atoms with Crippen LogP contribution in [0, 0.1) is 6.92 Å². The van der Waals surface area contributed by atoms with Gasteiger partial charge in [-0.05, 0) is 18.6 Å². The molecule has 0 unspecified atom stereocenters. The minimum Gasteiger partial charge on any atom is -0.293 e. The van der Waals surface area contributed by atoms with Gasteiger partial charge < -0.3 is 0 Å². The van der Waals surface area contributed by atoms with Crippen LogP contribution < -0.4 is 5.19 Å². The summed E-state index contributed by atoms with van der Waals surface area (Å²) in [6.45, 7) is 12.4. The highest BCUT2D eigenvalue weighted by Crippen LogP contribution is 2.07. The maximum atomic E-state index is 11.7. The van der Waals surface area contributed by atoms with E-state index < -0.39 is 14.0 Å². The molecular formula is C16H23O3Si. The minimum atomic E-state index is -1.58. The number of benzene rings is 1. The summed E-state index contributed by atoms with van der Waals surface area (Å²) in [6, 6.07) is 7.48. The van der Waals surface area contributed by atoms with Crippen LogP contribution in [-0.4, -0.2) is 20.7 Å². The highest BCUT2D eigenvalue weighted by molar-refractivity contribution is 6.93. The highest BCUT2D eigenvalue weighted by atomic mass is 28.3. The number of unbranched alkanes of at least 4 members (excludes halogenated alkanes) is 2. The molecule has 0 aliphatic carbocycles. The Labute approximate surface area is 122 Å². The van der Waals surface area contributed by atoms with E-state index in [9.17, 15) is 4.79 Å². The molecule has 0 N–H and O–H groups in total. The van der Waals surface area contributed by atoms with Gasteiger partial charge in [0.05, 0.1) is 12.2 Å². The van der Waals surface area contributed by atoms with Crippen LogP contribution in [0.4, 0.5) is 0 Å². The van der Waals surface area contributed by atoms with Crippen LogP contribution in [0.2, 0.25) is 13.1 Å². The van der Waals surface area contributed by atoms with E-state index in [0.717, 1.165) is 19.3 Å². The lowest BCUT2D eigenvalue weighted by Gasteiger charge is -2.17. The van der Waals surface area contributed by atoms with Crippen molar-refractivity contribution in [2.24, 2.45) is 0 Å². The normalized spacial score (nSPS) is 11.2. The van der Waals surface area contributed by atoms with Crippen LogP contribution in [0.1, 0.15) is 29.6 Å². The standard InChI is InChI=1S/C16H23O3Si/c1-5-7-8-13-18-19-16(17)14-9-11-15(12-10-14)20(3,4)6-2/h6,9-12H,1-2,5,7-8,13H2,3-4H3. The molecule has 0 bridgehead atoms. The molecule has 1 radical (unpaired) electrons. The lowest BCUT2D eigenvalue weighted by molar-refractivity contribution is -0.241. The third-order valence-corrected chi connectivity index (χ3v) is 6.08. The molecule has 0 spiro atoms. The molecule has 0 aliphatic rings. The first kappa shape index (κ1) is 16.7. The molecule has 0 atom stereocenters. The number of hydrogen-bond acceptors (Lipinski definition) is 3. The fraction of sp³-hybridized carbons (Fsp3) is 0.375. The Balaban J connectivity index is 2.52. The van der Waals surface area contributed by atoms with Crippen LogP contribution in [0.15, 0.2) is 36.5 Å². The fourth-order valence-corrected chi connectivity index (χ4v) is 2.90. The topological polar surface area (TPSA) is 35.5 Å². The Morgan fingerprint density at radius 1 is 1.25 bits per heavy atom.